The third-order valence-electron chi connectivity index (χ3n) is 6.23. The Kier molecular flexibility index (Phi) is 11.2. The van der Waals surface area contributed by atoms with Crippen molar-refractivity contribution in [3.05, 3.63) is 84.4 Å². The number of halogens is 6. The molecule has 1 N–H and O–H groups in total. The lowest BCUT2D eigenvalue weighted by Crippen LogP contribution is -2.45. The summed E-state index contributed by atoms with van der Waals surface area (Å²) >= 11 is 0. The summed E-state index contributed by atoms with van der Waals surface area (Å²) in [7, 11) is 0. The molecule has 1 aromatic carbocycles. The molecule has 0 saturated carbocycles. The number of Topliss-reactive ketones (excluding diaryl/α,β-unsaturated/α-hetero) is 1. The molecule has 0 fully saturated rings. The van der Waals surface area contributed by atoms with Gasteiger partial charge in [0.2, 0.25) is 5.60 Å². The molecule has 9 nitrogen and oxygen atoms in total. The van der Waals surface area contributed by atoms with Gasteiger partial charge in [-0.25, -0.2) is 9.78 Å². The number of carbonyl (C=O) groups is 2. The molecule has 248 valence electrons. The van der Waals surface area contributed by atoms with Crippen molar-refractivity contribution in [3.8, 4) is 11.6 Å². The van der Waals surface area contributed by atoms with Crippen LogP contribution in [0.25, 0.3) is 11.6 Å². The second kappa shape index (κ2) is 14.3. The summed E-state index contributed by atoms with van der Waals surface area (Å²) in [6.07, 6.45) is -9.89. The van der Waals surface area contributed by atoms with Crippen LogP contribution in [0.15, 0.2) is 66.1 Å². The van der Waals surface area contributed by atoms with Crippen LogP contribution in [0.2, 0.25) is 0 Å². The van der Waals surface area contributed by atoms with Gasteiger partial charge in [0.1, 0.15) is 11.3 Å². The Bertz CT molecular complexity index is 1550. The predicted molar refractivity (Wildman–Crippen MR) is 155 cm³/mol. The Hall–Kier alpha value is -4.53. The van der Waals surface area contributed by atoms with Crippen LogP contribution in [0.4, 0.5) is 36.8 Å². The number of anilines is 1. The number of ketones is 1. The van der Waals surface area contributed by atoms with E-state index in [1.54, 1.807) is 18.2 Å². The van der Waals surface area contributed by atoms with Gasteiger partial charge in [0, 0.05) is 12.8 Å². The van der Waals surface area contributed by atoms with Crippen LogP contribution in [-0.4, -0.2) is 38.8 Å². The molecule has 0 bridgehead atoms. The minimum absolute atomic E-state index is 0.146. The van der Waals surface area contributed by atoms with Gasteiger partial charge in [0.05, 0.1) is 17.9 Å². The molecule has 15 heteroatoms. The minimum atomic E-state index is -5.16. The van der Waals surface area contributed by atoms with Crippen LogP contribution in [0.3, 0.4) is 0 Å². The second-order valence-electron chi connectivity index (χ2n) is 11.0. The molecule has 0 saturated heterocycles. The SMILES string of the molecule is C=CCCCC(=O)c1nc(-c2nnc(C(CC=C)(OCc3ccccc3)C(F)(F)F)o2)c(NC(=O)OC(C)(C)C)cc1C(F)(F)F. The Labute approximate surface area is 260 Å². The third-order valence-corrected chi connectivity index (χ3v) is 6.23. The summed E-state index contributed by atoms with van der Waals surface area (Å²) in [5.74, 6) is -2.98. The zero-order valence-corrected chi connectivity index (χ0v) is 25.2. The number of carbonyl (C=O) groups excluding carboxylic acids is 2. The molecule has 0 spiro atoms. The zero-order valence-electron chi connectivity index (χ0n) is 25.2. The van der Waals surface area contributed by atoms with Crippen molar-refractivity contribution in [2.45, 2.75) is 76.6 Å². The monoisotopic (exact) mass is 654 g/mol. The highest BCUT2D eigenvalue weighted by Crippen LogP contribution is 2.46. The number of allylic oxidation sites excluding steroid dienone is 1. The number of hydrogen-bond acceptors (Lipinski definition) is 8. The van der Waals surface area contributed by atoms with Crippen molar-refractivity contribution in [2.75, 3.05) is 5.32 Å². The fourth-order valence-corrected chi connectivity index (χ4v) is 4.13. The lowest BCUT2D eigenvalue weighted by molar-refractivity contribution is -0.295. The Morgan fingerprint density at radius 1 is 1.00 bits per heavy atom. The number of unbranched alkanes of at least 4 members (excludes halogenated alkanes) is 1. The fraction of sp³-hybridized carbons (Fsp3) is 0.387. The molecule has 3 aromatic rings. The number of pyridine rings is 1. The number of rotatable bonds is 13. The van der Waals surface area contributed by atoms with Gasteiger partial charge in [0.25, 0.3) is 11.8 Å². The van der Waals surface area contributed by atoms with Crippen molar-refractivity contribution >= 4 is 17.6 Å². The molecule has 0 aliphatic rings. The maximum absolute atomic E-state index is 14.7. The van der Waals surface area contributed by atoms with Gasteiger partial charge in [-0.15, -0.1) is 23.4 Å². The van der Waals surface area contributed by atoms with E-state index in [9.17, 15) is 35.9 Å². The number of ether oxygens (including phenoxy) is 2. The Morgan fingerprint density at radius 2 is 1.67 bits per heavy atom. The maximum Gasteiger partial charge on any atom is 0.426 e. The molecule has 0 aliphatic heterocycles. The van der Waals surface area contributed by atoms with Gasteiger partial charge < -0.3 is 13.9 Å². The molecule has 46 heavy (non-hydrogen) atoms. The van der Waals surface area contributed by atoms with E-state index < -0.39 is 82.9 Å². The highest BCUT2D eigenvalue weighted by Gasteiger charge is 2.61. The molecule has 1 atom stereocenters. The van der Waals surface area contributed by atoms with E-state index in [0.717, 1.165) is 6.08 Å². The topological polar surface area (TPSA) is 116 Å². The number of nitrogens with zero attached hydrogens (tertiary/aromatic N) is 3. The maximum atomic E-state index is 14.7. The van der Waals surface area contributed by atoms with Crippen LogP contribution < -0.4 is 5.32 Å². The van der Waals surface area contributed by atoms with Crippen LogP contribution in [0, 0.1) is 0 Å². The highest BCUT2D eigenvalue weighted by molar-refractivity contribution is 5.98. The smallest absolute Gasteiger partial charge is 0.426 e. The highest BCUT2D eigenvalue weighted by atomic mass is 19.4. The molecular weight excluding hydrogens is 622 g/mol. The predicted octanol–water partition coefficient (Wildman–Crippen LogP) is 8.59. The van der Waals surface area contributed by atoms with E-state index in [1.807, 2.05) is 0 Å². The van der Waals surface area contributed by atoms with Crippen molar-refractivity contribution in [1.29, 1.82) is 0 Å². The Morgan fingerprint density at radius 3 is 2.24 bits per heavy atom. The summed E-state index contributed by atoms with van der Waals surface area (Å²) in [6, 6.07) is 8.32. The number of nitrogens with one attached hydrogen (secondary N) is 1. The van der Waals surface area contributed by atoms with Gasteiger partial charge in [-0.2, -0.15) is 26.3 Å². The summed E-state index contributed by atoms with van der Waals surface area (Å²) in [6.45, 7) is 10.8. The van der Waals surface area contributed by atoms with E-state index in [4.69, 9.17) is 13.9 Å². The standard InChI is InChI=1S/C31H32F6N4O5/c1-6-8-10-15-22(42)23-20(30(32,33)34)17-21(38-27(43)46-28(3,4)5)24(39-23)25-40-41-26(45-25)29(16-7-2,31(35,36)37)44-18-19-13-11-9-12-14-19/h6-7,9,11-14,17H,1-2,8,10,15-16,18H2,3-5H3,(H,38,43). The average molecular weight is 655 g/mol. The van der Waals surface area contributed by atoms with Gasteiger partial charge in [-0.05, 0) is 45.2 Å². The van der Waals surface area contributed by atoms with Crippen molar-refractivity contribution < 1.29 is 49.8 Å². The molecule has 1 unspecified atom stereocenters. The van der Waals surface area contributed by atoms with Gasteiger partial charge in [-0.3, -0.25) is 10.1 Å². The largest absolute Gasteiger partial charge is 0.444 e. The van der Waals surface area contributed by atoms with Crippen LogP contribution >= 0.6 is 0 Å². The average Bonchev–Trinajstić information content (AvgIpc) is 3.44. The summed E-state index contributed by atoms with van der Waals surface area (Å²) in [4.78, 5) is 29.4. The Balaban J connectivity index is 2.22. The van der Waals surface area contributed by atoms with Gasteiger partial charge in [0.15, 0.2) is 11.5 Å². The lowest BCUT2D eigenvalue weighted by atomic mass is 9.98. The first-order chi connectivity index (χ1) is 21.4. The van der Waals surface area contributed by atoms with Gasteiger partial charge in [-0.1, -0.05) is 42.5 Å². The normalized spacial score (nSPS) is 13.5. The summed E-state index contributed by atoms with van der Waals surface area (Å²) < 4.78 is 103. The van der Waals surface area contributed by atoms with Crippen LogP contribution in [-0.2, 0) is 27.9 Å². The molecule has 3 rings (SSSR count). The number of aromatic nitrogens is 3. The molecule has 2 aromatic heterocycles. The first-order valence-corrected chi connectivity index (χ1v) is 13.9. The second-order valence-corrected chi connectivity index (χ2v) is 11.0. The number of benzene rings is 1. The third kappa shape index (κ3) is 8.80. The van der Waals surface area contributed by atoms with E-state index >= 15 is 0 Å². The molecule has 2 heterocycles. The van der Waals surface area contributed by atoms with E-state index in [-0.39, 0.29) is 12.8 Å². The van der Waals surface area contributed by atoms with E-state index in [0.29, 0.717) is 18.1 Å². The summed E-state index contributed by atoms with van der Waals surface area (Å²) in [5, 5.41) is 9.26. The van der Waals surface area contributed by atoms with Gasteiger partial charge >= 0.3 is 18.4 Å². The number of alkyl halides is 6. The van der Waals surface area contributed by atoms with Crippen LogP contribution in [0.5, 0.6) is 0 Å². The first-order valence-electron chi connectivity index (χ1n) is 13.9. The zero-order chi connectivity index (χ0) is 34.3. The minimum Gasteiger partial charge on any atom is -0.444 e. The summed E-state index contributed by atoms with van der Waals surface area (Å²) in [5.41, 5.74) is -7.93. The number of hydrogen-bond donors (Lipinski definition) is 1. The first kappa shape index (κ1) is 35.9. The van der Waals surface area contributed by atoms with Crippen molar-refractivity contribution in [2.24, 2.45) is 0 Å². The van der Waals surface area contributed by atoms with Crippen molar-refractivity contribution in [1.82, 2.24) is 15.2 Å². The van der Waals surface area contributed by atoms with Crippen LogP contribution in [0.1, 0.15) is 74.0 Å². The van der Waals surface area contributed by atoms with E-state index in [1.165, 1.54) is 39.0 Å². The lowest BCUT2D eigenvalue weighted by Gasteiger charge is -2.31. The molecular formula is C31H32F6N4O5. The molecule has 0 aliphatic carbocycles. The molecule has 0 radical (unpaired) electrons. The van der Waals surface area contributed by atoms with Crippen molar-refractivity contribution in [3.63, 3.8) is 0 Å². The quantitative estimate of drug-likeness (QED) is 0.0843. The fourth-order valence-electron chi connectivity index (χ4n) is 4.13. The molecule has 1 amide bonds. The van der Waals surface area contributed by atoms with E-state index in [2.05, 4.69) is 33.7 Å². The number of amides is 1.